The number of carbonyl (C=O) groups excluding carboxylic acids is 1. The maximum atomic E-state index is 10.6. The van der Waals surface area contributed by atoms with Crippen LogP contribution in [0.3, 0.4) is 0 Å². The molecule has 1 aliphatic rings. The smallest absolute Gasteiger partial charge is 0.308 e. The molecule has 0 aromatic rings. The lowest BCUT2D eigenvalue weighted by Crippen LogP contribution is -2.37. The maximum absolute atomic E-state index is 10.6. The Balaban J connectivity index is 2.53. The molecule has 1 saturated heterocycles. The Kier molecular flexibility index (Phi) is 1.92. The molecule has 1 fully saturated rings. The van der Waals surface area contributed by atoms with E-state index in [2.05, 4.69) is 9.62 Å². The number of ether oxygens (including phenoxy) is 1. The molecular formula is C6H10O4. The average Bonchev–Trinajstić information content (AvgIpc) is 1.88. The Morgan fingerprint density at radius 3 is 2.90 bits per heavy atom. The van der Waals surface area contributed by atoms with Crippen molar-refractivity contribution in [3.05, 3.63) is 0 Å². The summed E-state index contributed by atoms with van der Waals surface area (Å²) in [6.07, 6.45) is 0.679. The third kappa shape index (κ3) is 1.46. The molecule has 0 radical (unpaired) electrons. The standard InChI is InChI=1S/C6H10O4/c1-6(10-8)2-3-9-5(7)4-6/h8H,2-4H2,1H3. The van der Waals surface area contributed by atoms with Crippen molar-refractivity contribution in [2.75, 3.05) is 6.61 Å². The summed E-state index contributed by atoms with van der Waals surface area (Å²) in [5, 5.41) is 8.36. The Morgan fingerprint density at radius 2 is 2.50 bits per heavy atom. The molecule has 0 aromatic carbocycles. The van der Waals surface area contributed by atoms with Crippen LogP contribution in [0.15, 0.2) is 0 Å². The Labute approximate surface area is 58.7 Å². The monoisotopic (exact) mass is 146 g/mol. The van der Waals surface area contributed by atoms with Gasteiger partial charge in [-0.3, -0.25) is 10.1 Å². The second-order valence-corrected chi connectivity index (χ2v) is 2.69. The third-order valence-corrected chi connectivity index (χ3v) is 1.63. The van der Waals surface area contributed by atoms with E-state index in [0.29, 0.717) is 13.0 Å². The van der Waals surface area contributed by atoms with Gasteiger partial charge in [-0.05, 0) is 6.92 Å². The normalized spacial score (nSPS) is 33.6. The highest BCUT2D eigenvalue weighted by atomic mass is 17.1. The van der Waals surface area contributed by atoms with Crippen LogP contribution in [0.25, 0.3) is 0 Å². The van der Waals surface area contributed by atoms with Gasteiger partial charge in [0.05, 0.1) is 13.0 Å². The van der Waals surface area contributed by atoms with Crippen LogP contribution in [0, 0.1) is 0 Å². The van der Waals surface area contributed by atoms with Gasteiger partial charge in [-0.2, -0.15) is 0 Å². The van der Waals surface area contributed by atoms with Crippen molar-refractivity contribution in [2.24, 2.45) is 0 Å². The first kappa shape index (κ1) is 7.50. The van der Waals surface area contributed by atoms with Gasteiger partial charge in [-0.15, -0.1) is 0 Å². The van der Waals surface area contributed by atoms with Crippen LogP contribution < -0.4 is 0 Å². The molecule has 1 N–H and O–H groups in total. The largest absolute Gasteiger partial charge is 0.465 e. The molecule has 1 unspecified atom stereocenters. The number of hydrogen-bond donors (Lipinski definition) is 1. The van der Waals surface area contributed by atoms with Crippen molar-refractivity contribution in [2.45, 2.75) is 25.4 Å². The summed E-state index contributed by atoms with van der Waals surface area (Å²) in [4.78, 5) is 14.8. The minimum Gasteiger partial charge on any atom is -0.465 e. The minimum absolute atomic E-state index is 0.128. The second kappa shape index (κ2) is 2.56. The molecule has 58 valence electrons. The number of esters is 1. The summed E-state index contributed by atoms with van der Waals surface area (Å²) in [6, 6.07) is 0. The predicted octanol–water partition coefficient (Wildman–Crippen LogP) is 0.572. The van der Waals surface area contributed by atoms with Crippen LogP contribution in [0.5, 0.6) is 0 Å². The van der Waals surface area contributed by atoms with E-state index in [9.17, 15) is 4.79 Å². The number of carbonyl (C=O) groups is 1. The van der Waals surface area contributed by atoms with Crippen molar-refractivity contribution in [1.29, 1.82) is 0 Å². The highest BCUT2D eigenvalue weighted by Gasteiger charge is 2.33. The van der Waals surface area contributed by atoms with Crippen LogP contribution in [0.1, 0.15) is 19.8 Å². The van der Waals surface area contributed by atoms with Crippen molar-refractivity contribution < 1.29 is 19.7 Å². The number of rotatable bonds is 1. The van der Waals surface area contributed by atoms with Gasteiger partial charge in [0.15, 0.2) is 0 Å². The second-order valence-electron chi connectivity index (χ2n) is 2.69. The molecule has 10 heavy (non-hydrogen) atoms. The fraction of sp³-hybridized carbons (Fsp3) is 0.833. The summed E-state index contributed by atoms with van der Waals surface area (Å²) < 4.78 is 4.65. The van der Waals surface area contributed by atoms with Crippen molar-refractivity contribution in [3.8, 4) is 0 Å². The van der Waals surface area contributed by atoms with Gasteiger partial charge in [0.2, 0.25) is 0 Å². The van der Waals surface area contributed by atoms with E-state index in [0.717, 1.165) is 0 Å². The molecule has 0 bridgehead atoms. The van der Waals surface area contributed by atoms with Crippen molar-refractivity contribution in [3.63, 3.8) is 0 Å². The van der Waals surface area contributed by atoms with Crippen LogP contribution in [-0.2, 0) is 14.4 Å². The summed E-state index contributed by atoms with van der Waals surface area (Å²) in [6.45, 7) is 2.00. The SMILES string of the molecule is CC1(OO)CCOC(=O)C1. The molecule has 0 saturated carbocycles. The highest BCUT2D eigenvalue weighted by Crippen LogP contribution is 2.23. The first-order valence-corrected chi connectivity index (χ1v) is 3.14. The predicted molar refractivity (Wildman–Crippen MR) is 32.3 cm³/mol. The molecule has 1 rings (SSSR count). The van der Waals surface area contributed by atoms with Crippen molar-refractivity contribution in [1.82, 2.24) is 0 Å². The summed E-state index contributed by atoms with van der Waals surface area (Å²) >= 11 is 0. The zero-order chi connectivity index (χ0) is 7.61. The molecule has 1 aliphatic heterocycles. The highest BCUT2D eigenvalue weighted by molar-refractivity contribution is 5.71. The van der Waals surface area contributed by atoms with Crippen LogP contribution in [0.4, 0.5) is 0 Å². The topological polar surface area (TPSA) is 55.8 Å². The van der Waals surface area contributed by atoms with Gasteiger partial charge in [0.25, 0.3) is 0 Å². The van der Waals surface area contributed by atoms with Gasteiger partial charge >= 0.3 is 5.97 Å². The molecule has 0 aromatic heterocycles. The van der Waals surface area contributed by atoms with Crippen LogP contribution in [0.2, 0.25) is 0 Å². The van der Waals surface area contributed by atoms with Crippen LogP contribution in [-0.4, -0.2) is 23.4 Å². The molecule has 4 nitrogen and oxygen atoms in total. The molecule has 0 amide bonds. The molecular weight excluding hydrogens is 136 g/mol. The summed E-state index contributed by atoms with van der Waals surface area (Å²) in [5.41, 5.74) is -0.727. The number of cyclic esters (lactones) is 1. The molecule has 0 aliphatic carbocycles. The first-order chi connectivity index (χ1) is 4.66. The quantitative estimate of drug-likeness (QED) is 0.334. The van der Waals surface area contributed by atoms with E-state index in [1.165, 1.54) is 0 Å². The molecule has 0 spiro atoms. The lowest BCUT2D eigenvalue weighted by molar-refractivity contribution is -0.326. The fourth-order valence-corrected chi connectivity index (χ4v) is 0.903. The van der Waals surface area contributed by atoms with Gasteiger partial charge in [0, 0.05) is 6.42 Å². The Hall–Kier alpha value is -0.610. The van der Waals surface area contributed by atoms with Crippen LogP contribution >= 0.6 is 0 Å². The molecule has 1 atom stereocenters. The Morgan fingerprint density at radius 1 is 1.80 bits per heavy atom. The maximum Gasteiger partial charge on any atom is 0.308 e. The van der Waals surface area contributed by atoms with E-state index in [1.54, 1.807) is 6.92 Å². The lowest BCUT2D eigenvalue weighted by Gasteiger charge is -2.28. The fourth-order valence-electron chi connectivity index (χ4n) is 0.903. The van der Waals surface area contributed by atoms with E-state index in [-0.39, 0.29) is 12.4 Å². The molecule has 1 heterocycles. The van der Waals surface area contributed by atoms with Crippen molar-refractivity contribution >= 4 is 5.97 Å². The number of hydrogen-bond acceptors (Lipinski definition) is 4. The minimum atomic E-state index is -0.727. The average molecular weight is 146 g/mol. The lowest BCUT2D eigenvalue weighted by atomic mass is 9.97. The van der Waals surface area contributed by atoms with Gasteiger partial charge < -0.3 is 4.74 Å². The van der Waals surface area contributed by atoms with E-state index < -0.39 is 5.60 Å². The van der Waals surface area contributed by atoms with Gasteiger partial charge in [-0.25, -0.2) is 4.89 Å². The van der Waals surface area contributed by atoms with Gasteiger partial charge in [0.1, 0.15) is 5.60 Å². The van der Waals surface area contributed by atoms with E-state index in [4.69, 9.17) is 5.26 Å². The Bertz CT molecular complexity index is 145. The van der Waals surface area contributed by atoms with E-state index in [1.807, 2.05) is 0 Å². The first-order valence-electron chi connectivity index (χ1n) is 3.14. The van der Waals surface area contributed by atoms with E-state index >= 15 is 0 Å². The van der Waals surface area contributed by atoms with Gasteiger partial charge in [-0.1, -0.05) is 0 Å². The summed E-state index contributed by atoms with van der Waals surface area (Å²) in [7, 11) is 0. The zero-order valence-corrected chi connectivity index (χ0v) is 5.79. The summed E-state index contributed by atoms with van der Waals surface area (Å²) in [5.74, 6) is -0.317. The zero-order valence-electron chi connectivity index (χ0n) is 5.79. The molecule has 4 heteroatoms. The third-order valence-electron chi connectivity index (χ3n) is 1.63.